The van der Waals surface area contributed by atoms with E-state index in [4.69, 9.17) is 0 Å². The molecule has 0 radical (unpaired) electrons. The first-order valence-corrected chi connectivity index (χ1v) is 4.34. The lowest BCUT2D eigenvalue weighted by Crippen LogP contribution is -2.09. The number of alkyl halides is 3. The van der Waals surface area contributed by atoms with Crippen LogP contribution in [0.25, 0.3) is 0 Å². The second-order valence-electron chi connectivity index (χ2n) is 3.04. The van der Waals surface area contributed by atoms with Gasteiger partial charge in [-0.3, -0.25) is 0 Å². The second-order valence-corrected chi connectivity index (χ2v) is 3.04. The predicted octanol–water partition coefficient (Wildman–Crippen LogP) is 2.60. The van der Waals surface area contributed by atoms with E-state index in [0.29, 0.717) is 5.56 Å². The zero-order valence-corrected chi connectivity index (χ0v) is 8.08. The summed E-state index contributed by atoms with van der Waals surface area (Å²) in [6.45, 7) is -2.48. The minimum atomic E-state index is -2.99. The topological polar surface area (TPSA) is 29.5 Å². The van der Waals surface area contributed by atoms with E-state index in [2.05, 4.69) is 4.74 Å². The van der Waals surface area contributed by atoms with E-state index in [9.17, 15) is 18.3 Å². The number of benzene rings is 1. The largest absolute Gasteiger partial charge is 0.434 e. The van der Waals surface area contributed by atoms with Gasteiger partial charge in [-0.2, -0.15) is 8.78 Å². The summed E-state index contributed by atoms with van der Waals surface area (Å²) >= 11 is 0. The fourth-order valence-corrected chi connectivity index (χ4v) is 1.27. The molecule has 0 bridgehead atoms. The third-order valence-corrected chi connectivity index (χ3v) is 1.95. The molecule has 5 heteroatoms. The monoisotopic (exact) mass is 220 g/mol. The summed E-state index contributed by atoms with van der Waals surface area (Å²) in [7, 11) is 0. The van der Waals surface area contributed by atoms with Crippen LogP contribution in [0, 0.1) is 6.92 Å². The van der Waals surface area contributed by atoms with Crippen molar-refractivity contribution in [2.45, 2.75) is 19.6 Å². The summed E-state index contributed by atoms with van der Waals surface area (Å²) in [6.07, 6.45) is -1.43. The van der Waals surface area contributed by atoms with Crippen molar-refractivity contribution >= 4 is 0 Å². The summed E-state index contributed by atoms with van der Waals surface area (Å²) in [5.74, 6) is -0.155. The van der Waals surface area contributed by atoms with Crippen molar-refractivity contribution in [3.63, 3.8) is 0 Å². The molecule has 0 aliphatic heterocycles. The van der Waals surface area contributed by atoms with Gasteiger partial charge < -0.3 is 9.84 Å². The first kappa shape index (κ1) is 11.8. The Morgan fingerprint density at radius 2 is 2.07 bits per heavy atom. The van der Waals surface area contributed by atoms with E-state index in [1.807, 2.05) is 0 Å². The van der Waals surface area contributed by atoms with Crippen molar-refractivity contribution in [2.75, 3.05) is 6.67 Å². The smallest absolute Gasteiger partial charge is 0.387 e. The number of hydrogen-bond acceptors (Lipinski definition) is 2. The zero-order chi connectivity index (χ0) is 11.4. The van der Waals surface area contributed by atoms with Crippen molar-refractivity contribution in [2.24, 2.45) is 0 Å². The van der Waals surface area contributed by atoms with Gasteiger partial charge in [-0.1, -0.05) is 18.2 Å². The maximum absolute atomic E-state index is 12.2. The van der Waals surface area contributed by atoms with Crippen LogP contribution >= 0.6 is 0 Å². The molecule has 1 N–H and O–H groups in total. The Morgan fingerprint density at radius 3 is 2.60 bits per heavy atom. The third kappa shape index (κ3) is 2.86. The molecule has 0 saturated heterocycles. The molecule has 0 aromatic heterocycles. The van der Waals surface area contributed by atoms with Crippen LogP contribution in [-0.2, 0) is 0 Å². The number of aryl methyl sites for hydroxylation is 1. The van der Waals surface area contributed by atoms with Gasteiger partial charge in [0.05, 0.1) is 0 Å². The SMILES string of the molecule is Cc1cccc(C(O)CF)c1OC(F)F. The van der Waals surface area contributed by atoms with E-state index in [0.717, 1.165) is 0 Å². The van der Waals surface area contributed by atoms with Crippen LogP contribution in [0.4, 0.5) is 13.2 Å². The number of aliphatic hydroxyl groups is 1. The van der Waals surface area contributed by atoms with Crippen molar-refractivity contribution < 1.29 is 23.0 Å². The molecule has 0 heterocycles. The molecule has 0 aliphatic rings. The van der Waals surface area contributed by atoms with E-state index >= 15 is 0 Å². The van der Waals surface area contributed by atoms with Crippen LogP contribution < -0.4 is 4.74 Å². The highest BCUT2D eigenvalue weighted by atomic mass is 19.3. The highest BCUT2D eigenvalue weighted by Gasteiger charge is 2.17. The summed E-state index contributed by atoms with van der Waals surface area (Å²) in [4.78, 5) is 0. The van der Waals surface area contributed by atoms with E-state index in [1.165, 1.54) is 6.07 Å². The quantitative estimate of drug-likeness (QED) is 0.845. The Bertz CT molecular complexity index is 328. The van der Waals surface area contributed by atoms with E-state index < -0.39 is 19.4 Å². The molecule has 2 nitrogen and oxygen atoms in total. The highest BCUT2D eigenvalue weighted by molar-refractivity contribution is 5.42. The number of aliphatic hydroxyl groups excluding tert-OH is 1. The molecule has 0 spiro atoms. The van der Waals surface area contributed by atoms with Gasteiger partial charge in [0.1, 0.15) is 18.5 Å². The average Bonchev–Trinajstić information content (AvgIpc) is 2.19. The van der Waals surface area contributed by atoms with Crippen LogP contribution in [0.15, 0.2) is 18.2 Å². The second kappa shape index (κ2) is 5.02. The van der Waals surface area contributed by atoms with Crippen molar-refractivity contribution in [3.8, 4) is 5.75 Å². The zero-order valence-electron chi connectivity index (χ0n) is 8.08. The molecule has 0 fully saturated rings. The van der Waals surface area contributed by atoms with E-state index in [1.54, 1.807) is 19.1 Å². The van der Waals surface area contributed by atoms with Gasteiger partial charge in [0, 0.05) is 5.56 Å². The molecule has 1 rings (SSSR count). The number of ether oxygens (including phenoxy) is 1. The third-order valence-electron chi connectivity index (χ3n) is 1.95. The Kier molecular flexibility index (Phi) is 3.96. The number of hydrogen-bond donors (Lipinski definition) is 1. The first-order valence-electron chi connectivity index (χ1n) is 4.34. The Balaban J connectivity index is 3.08. The molecule has 84 valence electrons. The Morgan fingerprint density at radius 1 is 1.40 bits per heavy atom. The number of para-hydroxylation sites is 1. The highest BCUT2D eigenvalue weighted by Crippen LogP contribution is 2.30. The minimum Gasteiger partial charge on any atom is -0.434 e. The molecule has 1 atom stereocenters. The lowest BCUT2D eigenvalue weighted by atomic mass is 10.1. The number of rotatable bonds is 4. The summed E-state index contributed by atoms with van der Waals surface area (Å²) < 4.78 is 40.6. The molecular weight excluding hydrogens is 209 g/mol. The molecule has 0 amide bonds. The Hall–Kier alpha value is -1.23. The van der Waals surface area contributed by atoms with Gasteiger partial charge >= 0.3 is 6.61 Å². The summed E-state index contributed by atoms with van der Waals surface area (Å²) in [5, 5.41) is 9.25. The summed E-state index contributed by atoms with van der Waals surface area (Å²) in [5.41, 5.74) is 0.470. The average molecular weight is 220 g/mol. The van der Waals surface area contributed by atoms with E-state index in [-0.39, 0.29) is 11.3 Å². The molecular formula is C10H11F3O2. The normalized spacial score (nSPS) is 12.9. The maximum Gasteiger partial charge on any atom is 0.387 e. The molecule has 1 unspecified atom stereocenters. The molecule has 1 aromatic rings. The van der Waals surface area contributed by atoms with Crippen LogP contribution in [0.3, 0.4) is 0 Å². The molecule has 15 heavy (non-hydrogen) atoms. The van der Waals surface area contributed by atoms with Gasteiger partial charge in [-0.25, -0.2) is 4.39 Å². The molecule has 0 aliphatic carbocycles. The van der Waals surface area contributed by atoms with Gasteiger partial charge in [-0.05, 0) is 12.5 Å². The first-order chi connectivity index (χ1) is 7.06. The van der Waals surface area contributed by atoms with Crippen LogP contribution in [0.2, 0.25) is 0 Å². The van der Waals surface area contributed by atoms with Crippen LogP contribution in [-0.4, -0.2) is 18.4 Å². The van der Waals surface area contributed by atoms with Crippen molar-refractivity contribution in [1.29, 1.82) is 0 Å². The molecule has 0 saturated carbocycles. The van der Waals surface area contributed by atoms with Crippen LogP contribution in [0.5, 0.6) is 5.75 Å². The van der Waals surface area contributed by atoms with Gasteiger partial charge in [0.25, 0.3) is 0 Å². The van der Waals surface area contributed by atoms with Gasteiger partial charge in [0.15, 0.2) is 0 Å². The maximum atomic E-state index is 12.2. The molecule has 1 aromatic carbocycles. The van der Waals surface area contributed by atoms with Crippen molar-refractivity contribution in [3.05, 3.63) is 29.3 Å². The predicted molar refractivity (Wildman–Crippen MR) is 48.7 cm³/mol. The Labute approximate surface area is 85.3 Å². The number of halogens is 3. The van der Waals surface area contributed by atoms with Crippen molar-refractivity contribution in [1.82, 2.24) is 0 Å². The van der Waals surface area contributed by atoms with Gasteiger partial charge in [0.2, 0.25) is 0 Å². The minimum absolute atomic E-state index is 0.0396. The fraction of sp³-hybridized carbons (Fsp3) is 0.400. The lowest BCUT2D eigenvalue weighted by Gasteiger charge is -2.15. The standard InChI is InChI=1S/C10H11F3O2/c1-6-3-2-4-7(8(14)5-11)9(6)15-10(12)13/h2-4,8,10,14H,5H2,1H3. The van der Waals surface area contributed by atoms with Crippen LogP contribution in [0.1, 0.15) is 17.2 Å². The summed E-state index contributed by atoms with van der Waals surface area (Å²) in [6, 6.07) is 4.45. The lowest BCUT2D eigenvalue weighted by molar-refractivity contribution is -0.0522. The fourth-order valence-electron chi connectivity index (χ4n) is 1.27. The van der Waals surface area contributed by atoms with Gasteiger partial charge in [-0.15, -0.1) is 0 Å².